The Morgan fingerprint density at radius 3 is 3.03 bits per heavy atom. The van der Waals surface area contributed by atoms with Crippen LogP contribution in [0.25, 0.3) is 11.2 Å². The summed E-state index contributed by atoms with van der Waals surface area (Å²) in [5.41, 5.74) is 3.84. The van der Waals surface area contributed by atoms with E-state index in [1.165, 1.54) is 24.4 Å². The summed E-state index contributed by atoms with van der Waals surface area (Å²) in [5, 5.41) is 13.0. The van der Waals surface area contributed by atoms with E-state index < -0.39 is 24.4 Å². The second-order valence-electron chi connectivity index (χ2n) is 7.70. The first-order valence-electron chi connectivity index (χ1n) is 10.1. The van der Waals surface area contributed by atoms with Crippen LogP contribution in [0.1, 0.15) is 43.2 Å². The van der Waals surface area contributed by atoms with E-state index in [9.17, 15) is 9.90 Å². The number of aliphatic hydroxyl groups excluding tert-OH is 1. The average Bonchev–Trinajstić information content (AvgIpc) is 3.45. The minimum absolute atomic E-state index is 0.149. The molecule has 0 saturated carbocycles. The number of benzene rings is 1. The van der Waals surface area contributed by atoms with Crippen LogP contribution < -0.4 is 5.32 Å². The van der Waals surface area contributed by atoms with Crippen molar-refractivity contribution in [2.24, 2.45) is 0 Å². The van der Waals surface area contributed by atoms with Crippen molar-refractivity contribution >= 4 is 23.0 Å². The van der Waals surface area contributed by atoms with Crippen molar-refractivity contribution in [2.45, 2.75) is 50.7 Å². The van der Waals surface area contributed by atoms with Gasteiger partial charge in [-0.05, 0) is 24.0 Å². The third-order valence-corrected chi connectivity index (χ3v) is 5.74. The fraction of sp³-hybridized carbons (Fsp3) is 0.429. The lowest BCUT2D eigenvalue weighted by atomic mass is 10.1. The first kappa shape index (κ1) is 19.0. The Labute approximate surface area is 173 Å². The molecule has 3 heterocycles. The maximum Gasteiger partial charge on any atom is 0.303 e. The number of aryl methyl sites for hydroxylation is 1. The van der Waals surface area contributed by atoms with Crippen LogP contribution in [0, 0.1) is 0 Å². The number of nitrogens with one attached hydrogen (secondary N) is 1. The second kappa shape index (κ2) is 7.66. The molecule has 1 fully saturated rings. The zero-order valence-electron chi connectivity index (χ0n) is 16.6. The number of aliphatic hydroxyl groups is 1. The molecule has 1 aliphatic carbocycles. The largest absolute Gasteiger partial charge is 0.458 e. The number of esters is 1. The van der Waals surface area contributed by atoms with Gasteiger partial charge in [0.2, 0.25) is 0 Å². The highest BCUT2D eigenvalue weighted by Gasteiger charge is 2.39. The molecule has 3 aromatic rings. The molecular weight excluding hydrogens is 386 g/mol. The number of ether oxygens (including phenoxy) is 2. The third-order valence-electron chi connectivity index (χ3n) is 5.74. The van der Waals surface area contributed by atoms with Crippen molar-refractivity contribution in [1.29, 1.82) is 0 Å². The molecule has 156 valence electrons. The summed E-state index contributed by atoms with van der Waals surface area (Å²) in [6.45, 7) is 1.21. The minimum Gasteiger partial charge on any atom is -0.458 e. The van der Waals surface area contributed by atoms with Crippen LogP contribution in [-0.2, 0) is 20.7 Å². The molecule has 0 unspecified atom stereocenters. The molecule has 5 rings (SSSR count). The smallest absolute Gasteiger partial charge is 0.303 e. The van der Waals surface area contributed by atoms with Crippen LogP contribution in [0.3, 0.4) is 0 Å². The Morgan fingerprint density at radius 2 is 2.20 bits per heavy atom. The lowest BCUT2D eigenvalue weighted by Crippen LogP contribution is -2.24. The normalized spacial score (nSPS) is 25.4. The van der Waals surface area contributed by atoms with Crippen LogP contribution >= 0.6 is 0 Å². The van der Waals surface area contributed by atoms with Crippen molar-refractivity contribution in [3.63, 3.8) is 0 Å². The zero-order chi connectivity index (χ0) is 20.7. The van der Waals surface area contributed by atoms with Gasteiger partial charge in [-0.1, -0.05) is 24.3 Å². The number of fused-ring (bicyclic) bond motifs is 2. The van der Waals surface area contributed by atoms with Gasteiger partial charge in [-0.3, -0.25) is 9.36 Å². The molecule has 0 bridgehead atoms. The molecule has 0 spiro atoms. The van der Waals surface area contributed by atoms with Gasteiger partial charge in [-0.25, -0.2) is 15.0 Å². The Bertz CT molecular complexity index is 1080. The molecular formula is C21H23N5O4. The highest BCUT2D eigenvalue weighted by molar-refractivity contribution is 5.83. The first-order valence-corrected chi connectivity index (χ1v) is 10.1. The van der Waals surface area contributed by atoms with Gasteiger partial charge in [0.15, 0.2) is 23.2 Å². The monoisotopic (exact) mass is 409 g/mol. The van der Waals surface area contributed by atoms with E-state index in [2.05, 4.69) is 38.5 Å². The van der Waals surface area contributed by atoms with Gasteiger partial charge in [0.05, 0.1) is 25.1 Å². The van der Waals surface area contributed by atoms with Crippen molar-refractivity contribution in [1.82, 2.24) is 19.5 Å². The Hall–Kier alpha value is -3.04. The summed E-state index contributed by atoms with van der Waals surface area (Å²) < 4.78 is 13.1. The van der Waals surface area contributed by atoms with E-state index in [0.29, 0.717) is 23.4 Å². The fourth-order valence-electron chi connectivity index (χ4n) is 4.41. The first-order chi connectivity index (χ1) is 14.6. The topological polar surface area (TPSA) is 111 Å². The number of nitrogens with zero attached hydrogens (tertiary/aromatic N) is 4. The highest BCUT2D eigenvalue weighted by Crippen LogP contribution is 2.36. The van der Waals surface area contributed by atoms with Crippen LogP contribution in [0.5, 0.6) is 0 Å². The van der Waals surface area contributed by atoms with E-state index in [4.69, 9.17) is 9.47 Å². The zero-order valence-corrected chi connectivity index (χ0v) is 16.6. The van der Waals surface area contributed by atoms with E-state index in [1.54, 1.807) is 10.9 Å². The van der Waals surface area contributed by atoms with Gasteiger partial charge in [0.25, 0.3) is 0 Å². The molecule has 30 heavy (non-hydrogen) atoms. The van der Waals surface area contributed by atoms with Crippen molar-refractivity contribution in [3.05, 3.63) is 48.0 Å². The molecule has 1 aromatic carbocycles. The quantitative estimate of drug-likeness (QED) is 0.617. The van der Waals surface area contributed by atoms with Crippen molar-refractivity contribution < 1.29 is 19.4 Å². The van der Waals surface area contributed by atoms with E-state index in [1.807, 2.05) is 6.07 Å². The summed E-state index contributed by atoms with van der Waals surface area (Å²) in [4.78, 5) is 24.9. The van der Waals surface area contributed by atoms with E-state index >= 15 is 0 Å². The van der Waals surface area contributed by atoms with Gasteiger partial charge < -0.3 is 19.9 Å². The Morgan fingerprint density at radius 1 is 1.33 bits per heavy atom. The lowest BCUT2D eigenvalue weighted by molar-refractivity contribution is -0.152. The maximum absolute atomic E-state index is 11.5. The number of anilines is 1. The molecule has 0 amide bonds. The van der Waals surface area contributed by atoms with E-state index in [-0.39, 0.29) is 12.6 Å². The Balaban J connectivity index is 1.46. The van der Waals surface area contributed by atoms with Crippen LogP contribution in [0.2, 0.25) is 0 Å². The van der Waals surface area contributed by atoms with Gasteiger partial charge in [-0.2, -0.15) is 0 Å². The number of hydrogen-bond acceptors (Lipinski definition) is 8. The van der Waals surface area contributed by atoms with Gasteiger partial charge in [0, 0.05) is 13.3 Å². The van der Waals surface area contributed by atoms with Gasteiger partial charge in [-0.15, -0.1) is 0 Å². The molecule has 2 aliphatic rings. The predicted molar refractivity (Wildman–Crippen MR) is 108 cm³/mol. The minimum atomic E-state index is -0.606. The van der Waals surface area contributed by atoms with Crippen molar-refractivity contribution in [3.8, 4) is 0 Å². The van der Waals surface area contributed by atoms with Crippen LogP contribution in [0.15, 0.2) is 36.9 Å². The van der Waals surface area contributed by atoms with Gasteiger partial charge in [0.1, 0.15) is 12.4 Å². The standard InChI is InChI=1S/C21H23N5O4/c1-12(28)29-17-8-14(9-27)30-21(17)26-11-24-18-19(22-10-23-20(18)26)25-16-7-6-13-4-2-3-5-15(13)16/h2-5,10-11,14,16-17,21,27H,6-9H2,1H3,(H,22,23,25)/t14-,16+,17+,21-/m1/s1. The number of aromatic nitrogens is 4. The lowest BCUT2D eigenvalue weighted by Gasteiger charge is -2.20. The molecule has 1 saturated heterocycles. The molecule has 2 N–H and O–H groups in total. The molecule has 1 aliphatic heterocycles. The number of imidazole rings is 1. The summed E-state index contributed by atoms with van der Waals surface area (Å²) in [5.74, 6) is 0.259. The number of rotatable bonds is 5. The number of hydrogen-bond donors (Lipinski definition) is 2. The Kier molecular flexibility index (Phi) is 4.84. The molecule has 9 heteroatoms. The average molecular weight is 409 g/mol. The van der Waals surface area contributed by atoms with Crippen LogP contribution in [0.4, 0.5) is 5.82 Å². The highest BCUT2D eigenvalue weighted by atomic mass is 16.6. The number of carbonyl (C=O) groups is 1. The second-order valence-corrected chi connectivity index (χ2v) is 7.70. The third kappa shape index (κ3) is 3.29. The summed E-state index contributed by atoms with van der Waals surface area (Å²) in [6.07, 6.45) is 4.00. The van der Waals surface area contributed by atoms with Crippen molar-refractivity contribution in [2.75, 3.05) is 11.9 Å². The summed E-state index contributed by atoms with van der Waals surface area (Å²) >= 11 is 0. The molecule has 0 radical (unpaired) electrons. The maximum atomic E-state index is 11.5. The molecule has 4 atom stereocenters. The predicted octanol–water partition coefficient (Wildman–Crippen LogP) is 2.14. The molecule has 9 nitrogen and oxygen atoms in total. The fourth-order valence-corrected chi connectivity index (χ4v) is 4.41. The van der Waals surface area contributed by atoms with Gasteiger partial charge >= 0.3 is 5.97 Å². The van der Waals surface area contributed by atoms with E-state index in [0.717, 1.165) is 12.8 Å². The summed E-state index contributed by atoms with van der Waals surface area (Å²) in [7, 11) is 0. The SMILES string of the molecule is CC(=O)O[C@H]1C[C@H](CO)O[C@H]1n1cnc2c(N[C@H]3CCc4ccccc43)ncnc21. The number of carbonyl (C=O) groups excluding carboxylic acids is 1. The summed E-state index contributed by atoms with van der Waals surface area (Å²) in [6, 6.07) is 8.58. The molecule has 2 aromatic heterocycles. The van der Waals surface area contributed by atoms with Crippen LogP contribution in [-0.4, -0.2) is 49.4 Å².